The van der Waals surface area contributed by atoms with Crippen LogP contribution in [0.15, 0.2) is 36.4 Å². The molecule has 2 aromatic rings. The molecule has 0 spiro atoms. The summed E-state index contributed by atoms with van der Waals surface area (Å²) in [5.74, 6) is -1.60. The minimum absolute atomic E-state index is 0.0551. The standard InChI is InChI=1S/C29H36ClF2N3O2/c1-17(33-18(2)36)25-13-20(30)5-7-23(25)19-9-11-35(12-10-19)29(37)27-16-22(34(3)4)15-26(27)24-8-6-21(31)14-28(24)32/h5-8,13-14,17,19,22,26-27H,9-12,15-16H2,1-4H3,(H,33,36)/t17-,22+,26-,27?/m0/s1. The molecule has 200 valence electrons. The molecule has 1 heterocycles. The number of likely N-dealkylation sites (tertiary alicyclic amines) is 1. The highest BCUT2D eigenvalue weighted by atomic mass is 35.5. The summed E-state index contributed by atoms with van der Waals surface area (Å²) in [7, 11) is 3.96. The first-order valence-electron chi connectivity index (χ1n) is 13.0. The minimum atomic E-state index is -0.609. The Morgan fingerprint density at radius 1 is 1.05 bits per heavy atom. The fourth-order valence-electron chi connectivity index (χ4n) is 6.17. The van der Waals surface area contributed by atoms with E-state index < -0.39 is 11.6 Å². The molecule has 1 N–H and O–H groups in total. The van der Waals surface area contributed by atoms with Crippen molar-refractivity contribution in [3.05, 3.63) is 69.7 Å². The molecule has 2 aromatic carbocycles. The summed E-state index contributed by atoms with van der Waals surface area (Å²) in [5.41, 5.74) is 2.58. The van der Waals surface area contributed by atoms with Crippen molar-refractivity contribution in [2.24, 2.45) is 5.92 Å². The van der Waals surface area contributed by atoms with Gasteiger partial charge in [-0.2, -0.15) is 0 Å². The molecular weight excluding hydrogens is 496 g/mol. The smallest absolute Gasteiger partial charge is 0.226 e. The summed E-state index contributed by atoms with van der Waals surface area (Å²) < 4.78 is 28.3. The van der Waals surface area contributed by atoms with Crippen LogP contribution in [0.3, 0.4) is 0 Å². The Morgan fingerprint density at radius 2 is 1.73 bits per heavy atom. The maximum Gasteiger partial charge on any atom is 0.226 e. The number of nitrogens with zero attached hydrogens (tertiary/aromatic N) is 2. The summed E-state index contributed by atoms with van der Waals surface area (Å²) in [4.78, 5) is 29.4. The van der Waals surface area contributed by atoms with Crippen LogP contribution in [0.25, 0.3) is 0 Å². The molecule has 5 nitrogen and oxygen atoms in total. The summed E-state index contributed by atoms with van der Waals surface area (Å²) >= 11 is 6.28. The molecule has 1 aliphatic carbocycles. The topological polar surface area (TPSA) is 52.7 Å². The molecule has 1 saturated heterocycles. The molecule has 1 saturated carbocycles. The van der Waals surface area contributed by atoms with Crippen LogP contribution in [0.5, 0.6) is 0 Å². The van der Waals surface area contributed by atoms with Gasteiger partial charge in [0.15, 0.2) is 0 Å². The third-order valence-electron chi connectivity index (χ3n) is 8.13. The van der Waals surface area contributed by atoms with Gasteiger partial charge in [-0.1, -0.05) is 23.7 Å². The number of nitrogens with one attached hydrogen (secondary N) is 1. The molecule has 1 unspecified atom stereocenters. The molecule has 2 amide bonds. The predicted octanol–water partition coefficient (Wildman–Crippen LogP) is 5.65. The molecule has 8 heteroatoms. The van der Waals surface area contributed by atoms with E-state index in [0.717, 1.165) is 30.0 Å². The monoisotopic (exact) mass is 531 g/mol. The highest BCUT2D eigenvalue weighted by Gasteiger charge is 2.43. The fourth-order valence-corrected chi connectivity index (χ4v) is 6.35. The van der Waals surface area contributed by atoms with Crippen molar-refractivity contribution < 1.29 is 18.4 Å². The van der Waals surface area contributed by atoms with Crippen molar-refractivity contribution in [1.29, 1.82) is 0 Å². The van der Waals surface area contributed by atoms with E-state index in [1.165, 1.54) is 19.1 Å². The summed E-state index contributed by atoms with van der Waals surface area (Å²) in [6, 6.07) is 9.50. The van der Waals surface area contributed by atoms with Crippen molar-refractivity contribution >= 4 is 23.4 Å². The maximum absolute atomic E-state index is 14.7. The molecule has 1 aliphatic heterocycles. The second-order valence-corrected chi connectivity index (χ2v) is 11.2. The first-order valence-corrected chi connectivity index (χ1v) is 13.4. The van der Waals surface area contributed by atoms with Crippen LogP contribution < -0.4 is 5.32 Å². The van der Waals surface area contributed by atoms with Gasteiger partial charge in [0.25, 0.3) is 0 Å². The number of rotatable bonds is 6. The lowest BCUT2D eigenvalue weighted by Crippen LogP contribution is -2.42. The Kier molecular flexibility index (Phi) is 8.54. The molecule has 2 fully saturated rings. The largest absolute Gasteiger partial charge is 0.350 e. The lowest BCUT2D eigenvalue weighted by atomic mass is 9.83. The van der Waals surface area contributed by atoms with Gasteiger partial charge >= 0.3 is 0 Å². The zero-order chi connectivity index (χ0) is 26.9. The van der Waals surface area contributed by atoms with E-state index in [1.54, 1.807) is 0 Å². The van der Waals surface area contributed by atoms with E-state index >= 15 is 0 Å². The van der Waals surface area contributed by atoms with Crippen molar-refractivity contribution in [1.82, 2.24) is 15.1 Å². The Labute approximate surface area is 223 Å². The number of piperidine rings is 1. The number of carbonyl (C=O) groups is 2. The maximum atomic E-state index is 14.7. The molecular formula is C29H36ClF2N3O2. The van der Waals surface area contributed by atoms with Crippen molar-refractivity contribution in [2.75, 3.05) is 27.2 Å². The quantitative estimate of drug-likeness (QED) is 0.524. The molecule has 37 heavy (non-hydrogen) atoms. The van der Waals surface area contributed by atoms with E-state index in [-0.39, 0.29) is 41.7 Å². The summed E-state index contributed by atoms with van der Waals surface area (Å²) in [5, 5.41) is 3.58. The van der Waals surface area contributed by atoms with E-state index in [1.807, 2.05) is 44.1 Å². The molecule has 2 aliphatic rings. The summed E-state index contributed by atoms with van der Waals surface area (Å²) in [6.07, 6.45) is 2.92. The molecule has 0 aromatic heterocycles. The Morgan fingerprint density at radius 3 is 2.35 bits per heavy atom. The average molecular weight is 532 g/mol. The molecule has 4 atom stereocenters. The second kappa shape index (κ2) is 11.5. The van der Waals surface area contributed by atoms with E-state index in [9.17, 15) is 18.4 Å². The Bertz CT molecular complexity index is 1150. The van der Waals surface area contributed by atoms with E-state index in [4.69, 9.17) is 11.6 Å². The SMILES string of the molecule is CC(=O)N[C@@H](C)c1cc(Cl)ccc1C1CCN(C(=O)C2C[C@H](N(C)C)C[C@H]2c2ccc(F)cc2F)CC1. The van der Waals surface area contributed by atoms with Crippen LogP contribution in [-0.4, -0.2) is 54.8 Å². The lowest BCUT2D eigenvalue weighted by molar-refractivity contribution is -0.137. The zero-order valence-electron chi connectivity index (χ0n) is 21.9. The highest BCUT2D eigenvalue weighted by Crippen LogP contribution is 2.44. The first kappa shape index (κ1) is 27.5. The average Bonchev–Trinajstić information content (AvgIpc) is 3.29. The number of hydrogen-bond donors (Lipinski definition) is 1. The minimum Gasteiger partial charge on any atom is -0.350 e. The van der Waals surface area contributed by atoms with Gasteiger partial charge < -0.3 is 15.1 Å². The van der Waals surface area contributed by atoms with Gasteiger partial charge in [0.05, 0.1) is 6.04 Å². The van der Waals surface area contributed by atoms with Gasteiger partial charge in [-0.25, -0.2) is 8.78 Å². The van der Waals surface area contributed by atoms with Crippen LogP contribution in [0.2, 0.25) is 5.02 Å². The lowest BCUT2D eigenvalue weighted by Gasteiger charge is -2.36. The molecule has 0 radical (unpaired) electrons. The number of carbonyl (C=O) groups excluding carboxylic acids is 2. The van der Waals surface area contributed by atoms with Crippen LogP contribution in [-0.2, 0) is 9.59 Å². The van der Waals surface area contributed by atoms with Crippen LogP contribution in [0.1, 0.15) is 74.1 Å². The molecule has 0 bridgehead atoms. The molecule has 4 rings (SSSR count). The van der Waals surface area contributed by atoms with Crippen LogP contribution in [0, 0.1) is 17.6 Å². The number of hydrogen-bond acceptors (Lipinski definition) is 3. The zero-order valence-corrected chi connectivity index (χ0v) is 22.7. The van der Waals surface area contributed by atoms with Gasteiger partial charge in [0.2, 0.25) is 11.8 Å². The second-order valence-electron chi connectivity index (χ2n) is 10.8. The van der Waals surface area contributed by atoms with E-state index in [2.05, 4.69) is 10.2 Å². The third kappa shape index (κ3) is 6.15. The van der Waals surface area contributed by atoms with Gasteiger partial charge in [-0.3, -0.25) is 9.59 Å². The van der Waals surface area contributed by atoms with Gasteiger partial charge in [-0.15, -0.1) is 0 Å². The van der Waals surface area contributed by atoms with Gasteiger partial charge in [0, 0.05) is 43.1 Å². The highest BCUT2D eigenvalue weighted by molar-refractivity contribution is 6.30. The Hall–Kier alpha value is -2.51. The third-order valence-corrected chi connectivity index (χ3v) is 8.36. The van der Waals surface area contributed by atoms with Crippen LogP contribution >= 0.6 is 11.6 Å². The van der Waals surface area contributed by atoms with Crippen molar-refractivity contribution in [2.45, 2.75) is 63.5 Å². The van der Waals surface area contributed by atoms with Crippen molar-refractivity contribution in [3.8, 4) is 0 Å². The van der Waals surface area contributed by atoms with Crippen LogP contribution in [0.4, 0.5) is 8.78 Å². The van der Waals surface area contributed by atoms with Crippen molar-refractivity contribution in [3.63, 3.8) is 0 Å². The van der Waals surface area contributed by atoms with E-state index in [0.29, 0.717) is 36.5 Å². The Balaban J connectivity index is 1.50. The fraction of sp³-hybridized carbons (Fsp3) is 0.517. The van der Waals surface area contributed by atoms with Gasteiger partial charge in [-0.05, 0) is 93.4 Å². The normalized spacial score (nSPS) is 23.4. The first-order chi connectivity index (χ1) is 17.5. The number of amides is 2. The van der Waals surface area contributed by atoms with Gasteiger partial charge in [0.1, 0.15) is 11.6 Å². The number of benzene rings is 2. The number of halogens is 3. The summed E-state index contributed by atoms with van der Waals surface area (Å²) in [6.45, 7) is 4.68. The predicted molar refractivity (Wildman–Crippen MR) is 142 cm³/mol.